The van der Waals surface area contributed by atoms with Crippen LogP contribution in [0.5, 0.6) is 0 Å². The highest BCUT2D eigenvalue weighted by atomic mass is 15.4. The van der Waals surface area contributed by atoms with Crippen molar-refractivity contribution in [3.63, 3.8) is 0 Å². The molecular formula is C15H15N3. The first kappa shape index (κ1) is 11.0. The average molecular weight is 237 g/mol. The number of rotatable bonds is 2. The molecule has 3 heteroatoms. The highest BCUT2D eigenvalue weighted by molar-refractivity contribution is 5.86. The predicted molar refractivity (Wildman–Crippen MR) is 73.3 cm³/mol. The molecule has 0 unspecified atom stereocenters. The number of aromatic nitrogens is 3. The van der Waals surface area contributed by atoms with Crippen LogP contribution in [0.3, 0.4) is 0 Å². The Morgan fingerprint density at radius 3 is 2.50 bits per heavy atom. The second kappa shape index (κ2) is 4.26. The van der Waals surface area contributed by atoms with Gasteiger partial charge >= 0.3 is 0 Å². The molecule has 0 aliphatic rings. The second-order valence-corrected chi connectivity index (χ2v) is 4.74. The molecule has 0 amide bonds. The molecule has 0 spiro atoms. The molecule has 18 heavy (non-hydrogen) atoms. The molecule has 1 heterocycles. The Hall–Kier alpha value is -2.16. The van der Waals surface area contributed by atoms with E-state index in [0.717, 1.165) is 11.3 Å². The summed E-state index contributed by atoms with van der Waals surface area (Å²) in [6, 6.07) is 15.1. The lowest BCUT2D eigenvalue weighted by atomic mass is 10.1. The van der Waals surface area contributed by atoms with Crippen LogP contribution in [0.25, 0.3) is 22.0 Å². The molecule has 0 fully saturated rings. The molecule has 0 aliphatic carbocycles. The summed E-state index contributed by atoms with van der Waals surface area (Å²) in [6.45, 7) is 4.19. The van der Waals surface area contributed by atoms with E-state index < -0.39 is 0 Å². The van der Waals surface area contributed by atoms with Gasteiger partial charge in [-0.2, -0.15) is 0 Å². The third-order valence-electron chi connectivity index (χ3n) is 3.08. The third-order valence-corrected chi connectivity index (χ3v) is 3.08. The SMILES string of the molecule is CC(C)n1cc(-c2ccc3ccccc3c2)nn1. The summed E-state index contributed by atoms with van der Waals surface area (Å²) < 4.78 is 1.88. The van der Waals surface area contributed by atoms with E-state index in [2.05, 4.69) is 66.6 Å². The highest BCUT2D eigenvalue weighted by Gasteiger charge is 2.06. The first-order chi connectivity index (χ1) is 8.74. The van der Waals surface area contributed by atoms with E-state index in [1.165, 1.54) is 10.8 Å². The van der Waals surface area contributed by atoms with Gasteiger partial charge in [0, 0.05) is 11.6 Å². The van der Waals surface area contributed by atoms with Crippen molar-refractivity contribution < 1.29 is 0 Å². The molecule has 0 saturated heterocycles. The summed E-state index contributed by atoms with van der Waals surface area (Å²) in [5.41, 5.74) is 2.04. The highest BCUT2D eigenvalue weighted by Crippen LogP contribution is 2.23. The van der Waals surface area contributed by atoms with Crippen molar-refractivity contribution in [1.29, 1.82) is 0 Å². The van der Waals surface area contributed by atoms with Crippen LogP contribution >= 0.6 is 0 Å². The van der Waals surface area contributed by atoms with Crippen molar-refractivity contribution in [3.8, 4) is 11.3 Å². The number of nitrogens with zero attached hydrogens (tertiary/aromatic N) is 3. The molecule has 0 aliphatic heterocycles. The van der Waals surface area contributed by atoms with Crippen LogP contribution < -0.4 is 0 Å². The Morgan fingerprint density at radius 1 is 1.00 bits per heavy atom. The van der Waals surface area contributed by atoms with Crippen LogP contribution in [0.15, 0.2) is 48.7 Å². The standard InChI is InChI=1S/C15H15N3/c1-11(2)18-10-15(16-17-18)14-8-7-12-5-3-4-6-13(12)9-14/h3-11H,1-2H3. The second-order valence-electron chi connectivity index (χ2n) is 4.74. The smallest absolute Gasteiger partial charge is 0.113 e. The minimum absolute atomic E-state index is 0.340. The molecule has 0 saturated carbocycles. The van der Waals surface area contributed by atoms with Crippen LogP contribution in [0.4, 0.5) is 0 Å². The van der Waals surface area contributed by atoms with Crippen molar-refractivity contribution in [1.82, 2.24) is 15.0 Å². The molecule has 0 radical (unpaired) electrons. The van der Waals surface area contributed by atoms with Crippen LogP contribution in [0.2, 0.25) is 0 Å². The van der Waals surface area contributed by atoms with Crippen LogP contribution in [-0.4, -0.2) is 15.0 Å². The topological polar surface area (TPSA) is 30.7 Å². The summed E-state index contributed by atoms with van der Waals surface area (Å²) in [5.74, 6) is 0. The van der Waals surface area contributed by atoms with Gasteiger partial charge in [0.25, 0.3) is 0 Å². The minimum atomic E-state index is 0.340. The average Bonchev–Trinajstić information content (AvgIpc) is 2.88. The lowest BCUT2D eigenvalue weighted by Crippen LogP contribution is -2.00. The van der Waals surface area contributed by atoms with Gasteiger partial charge in [0.2, 0.25) is 0 Å². The largest absolute Gasteiger partial charge is 0.249 e. The molecule has 2 aromatic carbocycles. The maximum Gasteiger partial charge on any atom is 0.113 e. The van der Waals surface area contributed by atoms with Crippen LogP contribution in [0.1, 0.15) is 19.9 Å². The van der Waals surface area contributed by atoms with E-state index in [1.54, 1.807) is 0 Å². The Kier molecular flexibility index (Phi) is 2.59. The number of benzene rings is 2. The minimum Gasteiger partial charge on any atom is -0.249 e. The Balaban J connectivity index is 2.07. The Labute approximate surface area is 106 Å². The zero-order chi connectivity index (χ0) is 12.5. The molecule has 0 atom stereocenters. The van der Waals surface area contributed by atoms with Crippen molar-refractivity contribution >= 4 is 10.8 Å². The molecule has 3 aromatic rings. The van der Waals surface area contributed by atoms with E-state index in [-0.39, 0.29) is 0 Å². The fraction of sp³-hybridized carbons (Fsp3) is 0.200. The van der Waals surface area contributed by atoms with Gasteiger partial charge in [0.15, 0.2) is 0 Å². The summed E-state index contributed by atoms with van der Waals surface area (Å²) in [4.78, 5) is 0. The summed E-state index contributed by atoms with van der Waals surface area (Å²) >= 11 is 0. The molecule has 0 N–H and O–H groups in total. The number of hydrogen-bond donors (Lipinski definition) is 0. The first-order valence-corrected chi connectivity index (χ1v) is 6.15. The first-order valence-electron chi connectivity index (χ1n) is 6.15. The summed E-state index contributed by atoms with van der Waals surface area (Å²) in [7, 11) is 0. The fourth-order valence-corrected chi connectivity index (χ4v) is 2.01. The monoisotopic (exact) mass is 237 g/mol. The molecule has 3 rings (SSSR count). The van der Waals surface area contributed by atoms with E-state index in [0.29, 0.717) is 6.04 Å². The van der Waals surface area contributed by atoms with Gasteiger partial charge in [-0.15, -0.1) is 5.10 Å². The van der Waals surface area contributed by atoms with E-state index in [9.17, 15) is 0 Å². The van der Waals surface area contributed by atoms with Crippen molar-refractivity contribution in [2.24, 2.45) is 0 Å². The zero-order valence-electron chi connectivity index (χ0n) is 10.5. The summed E-state index contributed by atoms with van der Waals surface area (Å²) in [6.07, 6.45) is 1.99. The molecule has 3 nitrogen and oxygen atoms in total. The molecule has 1 aromatic heterocycles. The van der Waals surface area contributed by atoms with Gasteiger partial charge in [-0.1, -0.05) is 41.6 Å². The fourth-order valence-electron chi connectivity index (χ4n) is 2.01. The lowest BCUT2D eigenvalue weighted by Gasteiger charge is -2.02. The maximum atomic E-state index is 4.23. The van der Waals surface area contributed by atoms with E-state index in [4.69, 9.17) is 0 Å². The van der Waals surface area contributed by atoms with Gasteiger partial charge in [0.05, 0.1) is 6.20 Å². The quantitative estimate of drug-likeness (QED) is 0.680. The normalized spacial score (nSPS) is 11.3. The predicted octanol–water partition coefficient (Wildman–Crippen LogP) is 3.68. The van der Waals surface area contributed by atoms with Crippen LogP contribution in [0, 0.1) is 0 Å². The molecule has 90 valence electrons. The Morgan fingerprint density at radius 2 is 1.78 bits per heavy atom. The van der Waals surface area contributed by atoms with Crippen LogP contribution in [-0.2, 0) is 0 Å². The Bertz CT molecular complexity index is 683. The van der Waals surface area contributed by atoms with E-state index in [1.807, 2.05) is 10.9 Å². The van der Waals surface area contributed by atoms with Gasteiger partial charge in [0.1, 0.15) is 5.69 Å². The van der Waals surface area contributed by atoms with E-state index >= 15 is 0 Å². The number of hydrogen-bond acceptors (Lipinski definition) is 2. The number of fused-ring (bicyclic) bond motifs is 1. The van der Waals surface area contributed by atoms with Gasteiger partial charge < -0.3 is 0 Å². The van der Waals surface area contributed by atoms with Gasteiger partial charge in [-0.25, -0.2) is 4.68 Å². The van der Waals surface area contributed by atoms with Crippen molar-refractivity contribution in [2.45, 2.75) is 19.9 Å². The molecule has 0 bridgehead atoms. The van der Waals surface area contributed by atoms with Gasteiger partial charge in [-0.3, -0.25) is 0 Å². The maximum absolute atomic E-state index is 4.23. The summed E-state index contributed by atoms with van der Waals surface area (Å²) in [5, 5.41) is 10.8. The lowest BCUT2D eigenvalue weighted by molar-refractivity contribution is 0.514. The molecular weight excluding hydrogens is 222 g/mol. The zero-order valence-corrected chi connectivity index (χ0v) is 10.5. The van der Waals surface area contributed by atoms with Crippen molar-refractivity contribution in [3.05, 3.63) is 48.7 Å². The van der Waals surface area contributed by atoms with Crippen molar-refractivity contribution in [2.75, 3.05) is 0 Å². The van der Waals surface area contributed by atoms with Gasteiger partial charge in [-0.05, 0) is 30.7 Å². The third kappa shape index (κ3) is 1.88.